The number of aromatic nitrogens is 2. The maximum Gasteiger partial charge on any atom is 0.273 e. The fourth-order valence-corrected chi connectivity index (χ4v) is 5.74. The minimum absolute atomic E-state index is 0.0186. The zero-order valence-electron chi connectivity index (χ0n) is 22.6. The van der Waals surface area contributed by atoms with Crippen molar-refractivity contribution in [1.29, 1.82) is 0 Å². The molecule has 0 radical (unpaired) electrons. The maximum atomic E-state index is 11.4. The molecule has 5 rings (SSSR count). The zero-order chi connectivity index (χ0) is 27.8. The third kappa shape index (κ3) is 4.74. The van der Waals surface area contributed by atoms with Gasteiger partial charge in [-0.05, 0) is 79.5 Å². The van der Waals surface area contributed by atoms with Gasteiger partial charge < -0.3 is 19.5 Å². The average Bonchev–Trinajstić information content (AvgIpc) is 3.43. The molecule has 0 saturated carbocycles. The number of nitro groups is 1. The van der Waals surface area contributed by atoms with Crippen molar-refractivity contribution in [2.24, 2.45) is 0 Å². The second kappa shape index (κ2) is 10.5. The molecule has 8 nitrogen and oxygen atoms in total. The summed E-state index contributed by atoms with van der Waals surface area (Å²) in [6.45, 7) is 8.44. The molecule has 1 fully saturated rings. The predicted molar refractivity (Wildman–Crippen MR) is 157 cm³/mol. The number of benzene rings is 2. The van der Waals surface area contributed by atoms with Gasteiger partial charge in [0.1, 0.15) is 5.75 Å². The van der Waals surface area contributed by atoms with Crippen LogP contribution in [0.3, 0.4) is 0 Å². The van der Waals surface area contributed by atoms with Crippen LogP contribution in [-0.2, 0) is 0 Å². The number of nitrogens with one attached hydrogen (secondary N) is 1. The summed E-state index contributed by atoms with van der Waals surface area (Å²) in [5.41, 5.74) is 6.90. The molecule has 2 aromatic carbocycles. The highest BCUT2D eigenvalue weighted by atomic mass is 32.1. The molecule has 0 unspecified atom stereocenters. The molecule has 9 heteroatoms. The lowest BCUT2D eigenvalue weighted by Crippen LogP contribution is -2.29. The third-order valence-corrected chi connectivity index (χ3v) is 7.65. The highest BCUT2D eigenvalue weighted by molar-refractivity contribution is 7.80. The summed E-state index contributed by atoms with van der Waals surface area (Å²) in [6, 6.07) is 20.9. The molecule has 39 heavy (non-hydrogen) atoms. The molecule has 0 amide bonds. The van der Waals surface area contributed by atoms with Crippen LogP contribution in [0.2, 0.25) is 0 Å². The SMILES string of the molecule is COc1cc([N+](=O)[O-])ccc1-n1c(C)cc([C@H]2[C@@H](c3ccccn3)NC(=S)N2c2ccc(C(C)C)cc2)c1C. The Morgan fingerprint density at radius 2 is 1.82 bits per heavy atom. The van der Waals surface area contributed by atoms with Crippen molar-refractivity contribution < 1.29 is 9.66 Å². The Morgan fingerprint density at radius 1 is 1.08 bits per heavy atom. The molecule has 1 aliphatic rings. The van der Waals surface area contributed by atoms with Crippen LogP contribution in [0.1, 0.15) is 60.1 Å². The number of nitrogens with zero attached hydrogens (tertiary/aromatic N) is 4. The van der Waals surface area contributed by atoms with Gasteiger partial charge in [-0.3, -0.25) is 15.1 Å². The fraction of sp³-hybridized carbons (Fsp3) is 0.267. The number of methoxy groups -OCH3 is 1. The second-order valence-electron chi connectivity index (χ2n) is 10.0. The van der Waals surface area contributed by atoms with Gasteiger partial charge in [0.15, 0.2) is 5.11 Å². The minimum Gasteiger partial charge on any atom is -0.494 e. The first-order valence-electron chi connectivity index (χ1n) is 12.8. The summed E-state index contributed by atoms with van der Waals surface area (Å²) in [4.78, 5) is 17.8. The number of anilines is 1. The number of nitro benzene ring substituents is 1. The number of non-ortho nitro benzene ring substituents is 1. The molecular weight excluding hydrogens is 510 g/mol. The number of pyridine rings is 1. The van der Waals surface area contributed by atoms with Crippen LogP contribution in [0.5, 0.6) is 5.75 Å². The van der Waals surface area contributed by atoms with E-state index in [2.05, 4.69) is 70.9 Å². The monoisotopic (exact) mass is 541 g/mol. The average molecular weight is 542 g/mol. The number of ether oxygens (including phenoxy) is 1. The smallest absolute Gasteiger partial charge is 0.273 e. The first kappa shape index (κ1) is 26.4. The molecule has 0 aliphatic carbocycles. The molecule has 0 bridgehead atoms. The summed E-state index contributed by atoms with van der Waals surface area (Å²) in [5, 5.41) is 15.5. The van der Waals surface area contributed by atoms with Crippen molar-refractivity contribution in [2.75, 3.05) is 12.0 Å². The molecule has 1 N–H and O–H groups in total. The Balaban J connectivity index is 1.66. The van der Waals surface area contributed by atoms with Crippen molar-refractivity contribution in [3.8, 4) is 11.4 Å². The molecule has 1 saturated heterocycles. The van der Waals surface area contributed by atoms with E-state index in [1.807, 2.05) is 25.1 Å². The Bertz CT molecular complexity index is 1530. The van der Waals surface area contributed by atoms with Crippen LogP contribution in [0.25, 0.3) is 5.69 Å². The molecular formula is C30H31N5O3S. The van der Waals surface area contributed by atoms with E-state index in [0.29, 0.717) is 16.8 Å². The largest absolute Gasteiger partial charge is 0.494 e. The second-order valence-corrected chi connectivity index (χ2v) is 10.4. The maximum absolute atomic E-state index is 11.4. The van der Waals surface area contributed by atoms with Crippen LogP contribution in [0, 0.1) is 24.0 Å². The van der Waals surface area contributed by atoms with Crippen LogP contribution >= 0.6 is 12.2 Å². The van der Waals surface area contributed by atoms with Crippen molar-refractivity contribution in [3.05, 3.63) is 111 Å². The van der Waals surface area contributed by atoms with Crippen LogP contribution in [0.15, 0.2) is 72.9 Å². The number of hydrogen-bond donors (Lipinski definition) is 1. The van der Waals surface area contributed by atoms with Crippen molar-refractivity contribution in [3.63, 3.8) is 0 Å². The van der Waals surface area contributed by atoms with E-state index < -0.39 is 4.92 Å². The van der Waals surface area contributed by atoms with Crippen LogP contribution in [0.4, 0.5) is 11.4 Å². The standard InChI is InChI=1S/C30H31N5O3S/c1-18(2)21-9-11-22(12-10-21)34-29(28(32-30(34)39)25-8-6-7-15-31-25)24-16-19(3)33(20(24)4)26-14-13-23(35(36)37)17-27(26)38-5/h6-18,28-29H,1-5H3,(H,32,39)/t28-,29+/m1/s1. The van der Waals surface area contributed by atoms with Gasteiger partial charge in [0, 0.05) is 29.3 Å². The minimum atomic E-state index is -0.419. The normalized spacial score (nSPS) is 17.0. The molecule has 4 aromatic rings. The molecule has 0 spiro atoms. The summed E-state index contributed by atoms with van der Waals surface area (Å²) in [7, 11) is 1.52. The van der Waals surface area contributed by atoms with Gasteiger partial charge in [-0.15, -0.1) is 0 Å². The van der Waals surface area contributed by atoms with Crippen molar-refractivity contribution in [1.82, 2.24) is 14.9 Å². The summed E-state index contributed by atoms with van der Waals surface area (Å²) in [6.07, 6.45) is 1.79. The van der Waals surface area contributed by atoms with E-state index in [1.165, 1.54) is 24.8 Å². The van der Waals surface area contributed by atoms with E-state index in [9.17, 15) is 10.1 Å². The topological polar surface area (TPSA) is 85.5 Å². The molecule has 2 atom stereocenters. The Labute approximate surface area is 233 Å². The van der Waals surface area contributed by atoms with Gasteiger partial charge in [0.05, 0.1) is 41.6 Å². The number of rotatable bonds is 7. The quantitative estimate of drug-likeness (QED) is 0.158. The highest BCUT2D eigenvalue weighted by Crippen LogP contribution is 2.44. The Kier molecular flexibility index (Phi) is 7.10. The van der Waals surface area contributed by atoms with Gasteiger partial charge >= 0.3 is 0 Å². The van der Waals surface area contributed by atoms with Gasteiger partial charge in [0.25, 0.3) is 5.69 Å². The van der Waals surface area contributed by atoms with Gasteiger partial charge in [-0.2, -0.15) is 0 Å². The number of thiocarbonyl (C=S) groups is 1. The first-order chi connectivity index (χ1) is 18.7. The Hall–Kier alpha value is -4.24. The number of aryl methyl sites for hydroxylation is 1. The van der Waals surface area contributed by atoms with Gasteiger partial charge in [-0.1, -0.05) is 32.0 Å². The lowest BCUT2D eigenvalue weighted by atomic mass is 9.96. The van der Waals surface area contributed by atoms with E-state index in [0.717, 1.165) is 34.0 Å². The van der Waals surface area contributed by atoms with E-state index in [1.54, 1.807) is 12.3 Å². The summed E-state index contributed by atoms with van der Waals surface area (Å²) in [5.74, 6) is 0.857. The Morgan fingerprint density at radius 3 is 2.44 bits per heavy atom. The van der Waals surface area contributed by atoms with E-state index in [-0.39, 0.29) is 17.8 Å². The molecule has 3 heterocycles. The lowest BCUT2D eigenvalue weighted by Gasteiger charge is -2.28. The van der Waals surface area contributed by atoms with Gasteiger partial charge in [-0.25, -0.2) is 0 Å². The summed E-state index contributed by atoms with van der Waals surface area (Å²) >= 11 is 5.91. The predicted octanol–water partition coefficient (Wildman–Crippen LogP) is 6.71. The van der Waals surface area contributed by atoms with E-state index >= 15 is 0 Å². The van der Waals surface area contributed by atoms with E-state index in [4.69, 9.17) is 17.0 Å². The lowest BCUT2D eigenvalue weighted by molar-refractivity contribution is -0.384. The van der Waals surface area contributed by atoms with Crippen LogP contribution in [-0.4, -0.2) is 26.7 Å². The first-order valence-corrected chi connectivity index (χ1v) is 13.2. The highest BCUT2D eigenvalue weighted by Gasteiger charge is 2.42. The van der Waals surface area contributed by atoms with Gasteiger partial charge in [0.2, 0.25) is 0 Å². The number of hydrogen-bond acceptors (Lipinski definition) is 5. The zero-order valence-corrected chi connectivity index (χ0v) is 23.4. The molecule has 2 aromatic heterocycles. The van der Waals surface area contributed by atoms with Crippen molar-refractivity contribution >= 4 is 28.7 Å². The fourth-order valence-electron chi connectivity index (χ4n) is 5.39. The van der Waals surface area contributed by atoms with Crippen molar-refractivity contribution in [2.45, 2.75) is 45.7 Å². The third-order valence-electron chi connectivity index (χ3n) is 7.34. The summed E-state index contributed by atoms with van der Waals surface area (Å²) < 4.78 is 7.66. The van der Waals surface area contributed by atoms with Crippen LogP contribution < -0.4 is 15.0 Å². The molecule has 200 valence electrons. The molecule has 1 aliphatic heterocycles.